The number of aromatic amines is 2. The Morgan fingerprint density at radius 2 is 1.54 bits per heavy atom. The van der Waals surface area contributed by atoms with Gasteiger partial charge in [0.05, 0.1) is 6.04 Å². The molecule has 11 heteroatoms. The van der Waals surface area contributed by atoms with E-state index in [2.05, 4.69) is 20.6 Å². The van der Waals surface area contributed by atoms with Crippen LogP contribution in [-0.4, -0.2) is 74.4 Å². The number of carbonyl (C=O) groups excluding carboxylic acids is 3. The monoisotopic (exact) mass is 558 g/mol. The van der Waals surface area contributed by atoms with E-state index in [1.807, 2.05) is 54.7 Å². The number of nitrogens with zero attached hydrogens (tertiary/aromatic N) is 1. The number of aliphatic carboxylic acids is 1. The maximum absolute atomic E-state index is 13.3. The summed E-state index contributed by atoms with van der Waals surface area (Å²) in [5.74, 6) is -2.60. The van der Waals surface area contributed by atoms with E-state index in [0.717, 1.165) is 32.9 Å². The number of carboxylic acids is 1. The molecular weight excluding hydrogens is 524 g/mol. The van der Waals surface area contributed by atoms with Gasteiger partial charge >= 0.3 is 5.97 Å². The van der Waals surface area contributed by atoms with E-state index in [4.69, 9.17) is 5.73 Å². The molecule has 0 saturated carbocycles. The van der Waals surface area contributed by atoms with E-state index in [1.165, 1.54) is 11.8 Å². The molecule has 3 amide bonds. The van der Waals surface area contributed by atoms with Crippen LogP contribution in [0.1, 0.15) is 30.9 Å². The minimum absolute atomic E-state index is 0.0744. The lowest BCUT2D eigenvalue weighted by atomic mass is 10.0. The number of para-hydroxylation sites is 2. The number of carbonyl (C=O) groups is 4. The van der Waals surface area contributed by atoms with Crippen LogP contribution < -0.4 is 16.4 Å². The highest BCUT2D eigenvalue weighted by Crippen LogP contribution is 2.23. The molecule has 2 aromatic carbocycles. The molecule has 0 bridgehead atoms. The van der Waals surface area contributed by atoms with Crippen LogP contribution >= 0.6 is 0 Å². The molecule has 1 aliphatic rings. The van der Waals surface area contributed by atoms with Gasteiger partial charge in [0.2, 0.25) is 17.7 Å². The third-order valence-electron chi connectivity index (χ3n) is 7.74. The van der Waals surface area contributed by atoms with Crippen LogP contribution in [0.25, 0.3) is 21.8 Å². The fourth-order valence-corrected chi connectivity index (χ4v) is 5.53. The average molecular weight is 559 g/mol. The lowest BCUT2D eigenvalue weighted by Crippen LogP contribution is -2.56. The number of hydrogen-bond acceptors (Lipinski definition) is 5. The van der Waals surface area contributed by atoms with E-state index in [-0.39, 0.29) is 12.3 Å². The molecule has 0 aliphatic carbocycles. The van der Waals surface area contributed by atoms with Crippen LogP contribution in [0.5, 0.6) is 0 Å². The van der Waals surface area contributed by atoms with Crippen LogP contribution in [0.15, 0.2) is 60.9 Å². The second kappa shape index (κ2) is 11.8. The van der Waals surface area contributed by atoms with Crippen LogP contribution in [0.4, 0.5) is 0 Å². The lowest BCUT2D eigenvalue weighted by Gasteiger charge is -2.28. The molecule has 1 fully saturated rings. The Bertz CT molecular complexity index is 1590. The van der Waals surface area contributed by atoms with Crippen LogP contribution in [0.3, 0.4) is 0 Å². The first-order valence-corrected chi connectivity index (χ1v) is 13.7. The van der Waals surface area contributed by atoms with Gasteiger partial charge in [0.25, 0.3) is 0 Å². The lowest BCUT2D eigenvalue weighted by molar-refractivity contribution is -0.143. The molecule has 0 spiro atoms. The van der Waals surface area contributed by atoms with Gasteiger partial charge in [0.15, 0.2) is 0 Å². The average Bonchev–Trinajstić information content (AvgIpc) is 3.71. The SMILES string of the molecule is CC(NC(=O)C1CCCN1C(=O)C(N)Cc1c[nH]c2ccccc12)C(=O)NC(Cc1c[nH]c2ccccc12)C(=O)O. The number of H-pyrrole nitrogens is 2. The third-order valence-corrected chi connectivity index (χ3v) is 7.74. The zero-order valence-electron chi connectivity index (χ0n) is 22.7. The van der Waals surface area contributed by atoms with Gasteiger partial charge in [-0.3, -0.25) is 14.4 Å². The number of likely N-dealkylation sites (tertiary alicyclic amines) is 1. The normalized spacial score (nSPS) is 17.3. The van der Waals surface area contributed by atoms with Crippen molar-refractivity contribution >= 4 is 45.5 Å². The molecule has 214 valence electrons. The van der Waals surface area contributed by atoms with E-state index in [1.54, 1.807) is 6.20 Å². The van der Waals surface area contributed by atoms with E-state index in [0.29, 0.717) is 25.8 Å². The van der Waals surface area contributed by atoms with Gasteiger partial charge in [-0.25, -0.2) is 4.79 Å². The van der Waals surface area contributed by atoms with E-state index < -0.39 is 42.0 Å². The summed E-state index contributed by atoms with van der Waals surface area (Å²) >= 11 is 0. The Hall–Kier alpha value is -4.64. The largest absolute Gasteiger partial charge is 0.480 e. The first-order valence-electron chi connectivity index (χ1n) is 13.7. The standard InChI is InChI=1S/C30H34N6O5/c1-17(27(37)35-25(30(40)41)14-19-16-33-24-10-5-3-8-21(19)24)34-28(38)26-11-6-12-36(26)29(39)22(31)13-18-15-32-23-9-4-2-7-20(18)23/h2-5,7-10,15-17,22,25-26,32-33H,6,11-14,31H2,1H3,(H,34,38)(H,35,37)(H,40,41). The van der Waals surface area contributed by atoms with Crippen molar-refractivity contribution in [2.45, 2.75) is 56.8 Å². The fourth-order valence-electron chi connectivity index (χ4n) is 5.53. The van der Waals surface area contributed by atoms with Crippen molar-refractivity contribution in [1.29, 1.82) is 0 Å². The summed E-state index contributed by atoms with van der Waals surface area (Å²) in [4.78, 5) is 59.1. The van der Waals surface area contributed by atoms with E-state index >= 15 is 0 Å². The molecule has 11 nitrogen and oxygen atoms in total. The molecule has 1 saturated heterocycles. The Morgan fingerprint density at radius 3 is 2.15 bits per heavy atom. The smallest absolute Gasteiger partial charge is 0.326 e. The number of rotatable bonds is 10. The van der Waals surface area contributed by atoms with Crippen molar-refractivity contribution in [3.63, 3.8) is 0 Å². The Balaban J connectivity index is 1.18. The van der Waals surface area contributed by atoms with Crippen LogP contribution in [0.2, 0.25) is 0 Å². The summed E-state index contributed by atoms with van der Waals surface area (Å²) in [6.07, 6.45) is 5.05. The molecule has 2 aromatic heterocycles. The topological polar surface area (TPSA) is 173 Å². The number of carboxylic acid groups (broad SMARTS) is 1. The van der Waals surface area contributed by atoms with Gasteiger partial charge in [-0.1, -0.05) is 36.4 Å². The number of benzene rings is 2. The predicted molar refractivity (Wildman–Crippen MR) is 154 cm³/mol. The number of hydrogen-bond donors (Lipinski definition) is 6. The molecule has 7 N–H and O–H groups in total. The second-order valence-electron chi connectivity index (χ2n) is 10.6. The minimum Gasteiger partial charge on any atom is -0.480 e. The van der Waals surface area contributed by atoms with Crippen molar-refractivity contribution in [1.82, 2.24) is 25.5 Å². The van der Waals surface area contributed by atoms with Crippen molar-refractivity contribution in [3.05, 3.63) is 72.1 Å². The molecule has 3 heterocycles. The van der Waals surface area contributed by atoms with Crippen molar-refractivity contribution in [3.8, 4) is 0 Å². The highest BCUT2D eigenvalue weighted by atomic mass is 16.4. The summed E-state index contributed by atoms with van der Waals surface area (Å²) in [6, 6.07) is 11.5. The molecule has 4 atom stereocenters. The van der Waals surface area contributed by atoms with Crippen molar-refractivity contribution in [2.24, 2.45) is 5.73 Å². The van der Waals surface area contributed by atoms with E-state index in [9.17, 15) is 24.3 Å². The highest BCUT2D eigenvalue weighted by Gasteiger charge is 2.37. The zero-order chi connectivity index (χ0) is 29.1. The summed E-state index contributed by atoms with van der Waals surface area (Å²) < 4.78 is 0. The van der Waals surface area contributed by atoms with Gasteiger partial charge in [0, 0.05) is 47.2 Å². The first-order chi connectivity index (χ1) is 19.7. The number of nitrogens with one attached hydrogen (secondary N) is 4. The summed E-state index contributed by atoms with van der Waals surface area (Å²) in [6.45, 7) is 1.88. The number of nitrogens with two attached hydrogens (primary N) is 1. The summed E-state index contributed by atoms with van der Waals surface area (Å²) in [5, 5.41) is 16.8. The number of amides is 3. The maximum atomic E-state index is 13.3. The quantitative estimate of drug-likeness (QED) is 0.173. The molecule has 0 radical (unpaired) electrons. The summed E-state index contributed by atoms with van der Waals surface area (Å²) in [5.41, 5.74) is 9.82. The van der Waals surface area contributed by atoms with Crippen LogP contribution in [-0.2, 0) is 32.0 Å². The second-order valence-corrected chi connectivity index (χ2v) is 10.6. The minimum atomic E-state index is -1.19. The maximum Gasteiger partial charge on any atom is 0.326 e. The molecule has 4 unspecified atom stereocenters. The number of fused-ring (bicyclic) bond motifs is 2. The Kier molecular flexibility index (Phi) is 8.06. The predicted octanol–water partition coefficient (Wildman–Crippen LogP) is 1.83. The van der Waals surface area contributed by atoms with Crippen molar-refractivity contribution in [2.75, 3.05) is 6.54 Å². The molecule has 4 aromatic rings. The van der Waals surface area contributed by atoms with Crippen LogP contribution in [0, 0.1) is 0 Å². The van der Waals surface area contributed by atoms with Crippen molar-refractivity contribution < 1.29 is 24.3 Å². The molecule has 41 heavy (non-hydrogen) atoms. The highest BCUT2D eigenvalue weighted by molar-refractivity contribution is 5.95. The van der Waals surface area contributed by atoms with Gasteiger partial charge in [-0.05, 0) is 49.4 Å². The molecule has 5 rings (SSSR count). The van der Waals surface area contributed by atoms with Gasteiger partial charge < -0.3 is 36.3 Å². The van der Waals surface area contributed by atoms with Gasteiger partial charge in [-0.2, -0.15) is 0 Å². The van der Waals surface area contributed by atoms with Gasteiger partial charge in [-0.15, -0.1) is 0 Å². The third kappa shape index (κ3) is 5.94. The molecular formula is C30H34N6O5. The molecule has 1 aliphatic heterocycles. The van der Waals surface area contributed by atoms with Gasteiger partial charge in [0.1, 0.15) is 18.1 Å². The zero-order valence-corrected chi connectivity index (χ0v) is 22.7. The number of aromatic nitrogens is 2. The first kappa shape index (κ1) is 27.9. The fraction of sp³-hybridized carbons (Fsp3) is 0.333. The Labute approximate surface area is 236 Å². The summed E-state index contributed by atoms with van der Waals surface area (Å²) in [7, 11) is 0. The Morgan fingerprint density at radius 1 is 0.951 bits per heavy atom.